The lowest BCUT2D eigenvalue weighted by molar-refractivity contribution is 0.605. The number of hydrogen-bond acceptors (Lipinski definition) is 2. The second kappa shape index (κ2) is 5.90. The highest BCUT2D eigenvalue weighted by atomic mass is 15.2. The molecule has 1 aliphatic rings. The molecule has 1 heterocycles. The second-order valence-electron chi connectivity index (χ2n) is 6.02. The van der Waals surface area contributed by atoms with E-state index in [2.05, 4.69) is 67.3 Å². The van der Waals surface area contributed by atoms with Crippen molar-refractivity contribution in [3.8, 4) is 0 Å². The van der Waals surface area contributed by atoms with E-state index in [4.69, 9.17) is 5.73 Å². The minimum absolute atomic E-state index is 0.398. The first-order chi connectivity index (χ1) is 10.2. The van der Waals surface area contributed by atoms with Gasteiger partial charge < -0.3 is 10.6 Å². The summed E-state index contributed by atoms with van der Waals surface area (Å²) in [6.45, 7) is 6.34. The van der Waals surface area contributed by atoms with Gasteiger partial charge in [0.2, 0.25) is 0 Å². The molecule has 2 unspecified atom stereocenters. The summed E-state index contributed by atoms with van der Waals surface area (Å²) in [7, 11) is 0. The van der Waals surface area contributed by atoms with Gasteiger partial charge in [-0.25, -0.2) is 0 Å². The largest absolute Gasteiger partial charge is 0.364 e. The molecule has 3 rings (SSSR count). The summed E-state index contributed by atoms with van der Waals surface area (Å²) in [6.07, 6.45) is 1.06. The van der Waals surface area contributed by atoms with E-state index in [0.29, 0.717) is 12.0 Å². The average molecular weight is 280 g/mol. The molecule has 0 bridgehead atoms. The molecule has 0 aromatic heterocycles. The molecule has 21 heavy (non-hydrogen) atoms. The highest BCUT2D eigenvalue weighted by Gasteiger charge is 2.31. The summed E-state index contributed by atoms with van der Waals surface area (Å²) in [5, 5.41) is 0. The van der Waals surface area contributed by atoms with E-state index in [1.54, 1.807) is 0 Å². The molecular weight excluding hydrogens is 256 g/mol. The first-order valence-electron chi connectivity index (χ1n) is 7.83. The van der Waals surface area contributed by atoms with Crippen LogP contribution < -0.4 is 10.6 Å². The van der Waals surface area contributed by atoms with Crippen molar-refractivity contribution in [3.05, 3.63) is 65.2 Å². The van der Waals surface area contributed by atoms with E-state index in [0.717, 1.165) is 19.5 Å². The third-order valence-electron chi connectivity index (χ3n) is 4.72. The monoisotopic (exact) mass is 280 g/mol. The molecular formula is C19H24N2. The Balaban J connectivity index is 1.95. The van der Waals surface area contributed by atoms with E-state index >= 15 is 0 Å². The minimum atomic E-state index is 0.398. The van der Waals surface area contributed by atoms with Crippen LogP contribution in [0.2, 0.25) is 0 Å². The Labute approximate surface area is 127 Å². The van der Waals surface area contributed by atoms with Crippen molar-refractivity contribution >= 4 is 5.69 Å². The van der Waals surface area contributed by atoms with Gasteiger partial charge in [0.05, 0.1) is 6.04 Å². The van der Waals surface area contributed by atoms with E-state index < -0.39 is 0 Å². The minimum Gasteiger partial charge on any atom is -0.364 e. The van der Waals surface area contributed by atoms with Crippen LogP contribution >= 0.6 is 0 Å². The lowest BCUT2D eigenvalue weighted by Gasteiger charge is -2.29. The highest BCUT2D eigenvalue weighted by Crippen LogP contribution is 2.42. The van der Waals surface area contributed by atoms with E-state index in [1.807, 2.05) is 0 Å². The Hall–Kier alpha value is -1.80. The van der Waals surface area contributed by atoms with Crippen LogP contribution in [0.5, 0.6) is 0 Å². The van der Waals surface area contributed by atoms with Gasteiger partial charge in [0.1, 0.15) is 0 Å². The molecule has 110 valence electrons. The summed E-state index contributed by atoms with van der Waals surface area (Å²) < 4.78 is 0. The zero-order chi connectivity index (χ0) is 14.8. The van der Waals surface area contributed by atoms with Gasteiger partial charge in [-0.3, -0.25) is 0 Å². The average Bonchev–Trinajstić information content (AvgIpc) is 2.87. The van der Waals surface area contributed by atoms with Crippen molar-refractivity contribution in [2.24, 2.45) is 5.73 Å². The normalized spacial score (nSPS) is 18.6. The molecule has 0 saturated carbocycles. The number of fused-ring (bicyclic) bond motifs is 1. The SMILES string of the molecule is Cc1ccccc1C(C)N1CC(CCN)c2ccccc21. The number of aryl methyl sites for hydroxylation is 1. The summed E-state index contributed by atoms with van der Waals surface area (Å²) in [6, 6.07) is 17.9. The first kappa shape index (κ1) is 14.2. The zero-order valence-electron chi connectivity index (χ0n) is 12.9. The highest BCUT2D eigenvalue weighted by molar-refractivity contribution is 5.61. The Kier molecular flexibility index (Phi) is 3.98. The molecule has 2 N–H and O–H groups in total. The number of rotatable bonds is 4. The van der Waals surface area contributed by atoms with Crippen molar-refractivity contribution in [2.75, 3.05) is 18.0 Å². The zero-order valence-corrected chi connectivity index (χ0v) is 12.9. The number of benzene rings is 2. The Bertz CT molecular complexity index is 620. The Morgan fingerprint density at radius 2 is 1.86 bits per heavy atom. The third kappa shape index (κ3) is 2.56. The summed E-state index contributed by atoms with van der Waals surface area (Å²) >= 11 is 0. The van der Waals surface area contributed by atoms with Crippen molar-refractivity contribution in [2.45, 2.75) is 32.2 Å². The molecule has 2 aromatic carbocycles. The standard InChI is InChI=1S/C19H24N2/c1-14-7-3-4-8-17(14)15(2)21-13-16(11-12-20)18-9-5-6-10-19(18)21/h3-10,15-16H,11-13,20H2,1-2H3. The molecule has 2 heteroatoms. The van der Waals surface area contributed by atoms with Gasteiger partial charge in [-0.05, 0) is 49.6 Å². The predicted octanol–water partition coefficient (Wildman–Crippen LogP) is 4.01. The Morgan fingerprint density at radius 1 is 1.14 bits per heavy atom. The quantitative estimate of drug-likeness (QED) is 0.917. The lowest BCUT2D eigenvalue weighted by Crippen LogP contribution is -2.26. The first-order valence-corrected chi connectivity index (χ1v) is 7.83. The van der Waals surface area contributed by atoms with Gasteiger partial charge in [0.25, 0.3) is 0 Å². The van der Waals surface area contributed by atoms with Crippen LogP contribution in [0.25, 0.3) is 0 Å². The fourth-order valence-corrected chi connectivity index (χ4v) is 3.57. The molecule has 2 aromatic rings. The predicted molar refractivity (Wildman–Crippen MR) is 89.8 cm³/mol. The van der Waals surface area contributed by atoms with Crippen LogP contribution in [0.1, 0.15) is 42.0 Å². The maximum atomic E-state index is 5.80. The van der Waals surface area contributed by atoms with Gasteiger partial charge in [0.15, 0.2) is 0 Å². The van der Waals surface area contributed by atoms with Crippen molar-refractivity contribution in [1.29, 1.82) is 0 Å². The molecule has 0 spiro atoms. The van der Waals surface area contributed by atoms with Crippen molar-refractivity contribution in [3.63, 3.8) is 0 Å². The lowest BCUT2D eigenvalue weighted by atomic mass is 9.98. The molecule has 0 fully saturated rings. The molecule has 0 saturated heterocycles. The van der Waals surface area contributed by atoms with Crippen molar-refractivity contribution in [1.82, 2.24) is 0 Å². The van der Waals surface area contributed by atoms with Gasteiger partial charge in [0, 0.05) is 18.2 Å². The van der Waals surface area contributed by atoms with Crippen LogP contribution in [-0.2, 0) is 0 Å². The second-order valence-corrected chi connectivity index (χ2v) is 6.02. The van der Waals surface area contributed by atoms with E-state index in [1.165, 1.54) is 22.4 Å². The van der Waals surface area contributed by atoms with Crippen molar-refractivity contribution < 1.29 is 0 Å². The molecule has 0 radical (unpaired) electrons. The molecule has 2 atom stereocenters. The number of hydrogen-bond donors (Lipinski definition) is 1. The van der Waals surface area contributed by atoms with Gasteiger partial charge >= 0.3 is 0 Å². The molecule has 0 aliphatic carbocycles. The smallest absolute Gasteiger partial charge is 0.0517 e. The maximum absolute atomic E-state index is 5.80. The fourth-order valence-electron chi connectivity index (χ4n) is 3.57. The van der Waals surface area contributed by atoms with Crippen LogP contribution in [0.4, 0.5) is 5.69 Å². The number of anilines is 1. The van der Waals surface area contributed by atoms with Gasteiger partial charge in [-0.1, -0.05) is 42.5 Å². The number of nitrogens with two attached hydrogens (primary N) is 1. The topological polar surface area (TPSA) is 29.3 Å². The summed E-state index contributed by atoms with van der Waals surface area (Å²) in [4.78, 5) is 2.54. The molecule has 1 aliphatic heterocycles. The molecule has 0 amide bonds. The van der Waals surface area contributed by atoms with Crippen LogP contribution in [0, 0.1) is 6.92 Å². The summed E-state index contributed by atoms with van der Waals surface area (Å²) in [5.41, 5.74) is 11.4. The number of nitrogens with zero attached hydrogens (tertiary/aromatic N) is 1. The van der Waals surface area contributed by atoms with E-state index in [9.17, 15) is 0 Å². The molecule has 2 nitrogen and oxygen atoms in total. The Morgan fingerprint density at radius 3 is 2.62 bits per heavy atom. The van der Waals surface area contributed by atoms with E-state index in [-0.39, 0.29) is 0 Å². The summed E-state index contributed by atoms with van der Waals surface area (Å²) in [5.74, 6) is 0.567. The third-order valence-corrected chi connectivity index (χ3v) is 4.72. The van der Waals surface area contributed by atoms with Gasteiger partial charge in [-0.2, -0.15) is 0 Å². The van der Waals surface area contributed by atoms with Crippen LogP contribution in [0.3, 0.4) is 0 Å². The number of para-hydroxylation sites is 1. The fraction of sp³-hybridized carbons (Fsp3) is 0.368. The van der Waals surface area contributed by atoms with Crippen LogP contribution in [-0.4, -0.2) is 13.1 Å². The maximum Gasteiger partial charge on any atom is 0.0517 e. The van der Waals surface area contributed by atoms with Gasteiger partial charge in [-0.15, -0.1) is 0 Å². The van der Waals surface area contributed by atoms with Crippen LogP contribution in [0.15, 0.2) is 48.5 Å².